The van der Waals surface area contributed by atoms with Crippen LogP contribution in [0.4, 0.5) is 42.8 Å². The first-order valence-corrected chi connectivity index (χ1v) is 33.1. The van der Waals surface area contributed by atoms with Gasteiger partial charge in [0.05, 0.1) is 43.2 Å². The molecule has 15 rings (SSSR count). The van der Waals surface area contributed by atoms with Gasteiger partial charge in [-0.2, -0.15) is 19.9 Å². The molecular formula is C63H61Cl2F6N13O7S. The molecule has 2 amide bonds. The van der Waals surface area contributed by atoms with E-state index in [0.717, 1.165) is 12.5 Å². The minimum absolute atomic E-state index is 0.00583. The Morgan fingerprint density at radius 3 is 2.02 bits per heavy atom. The number of amides is 2. The van der Waals surface area contributed by atoms with Gasteiger partial charge in [-0.1, -0.05) is 29.3 Å². The third kappa shape index (κ3) is 10.5. The SMILES string of the molecule is NS(=O)(=O)CC1CCCN(c2nc(OC[C@@]34CCC(c5cc(F)c(Cl)c6c(-c7ncc8c(N9CCC[C@]%10(CNC(=O)N%10)C9)nc(OC[C@@]9%10CCCN9C[C@H](F)C%10)nc8c7F)cc(O)cc56)N3C[C@H](F)C4)nc3c(F)c(-c4cc(O)cc5ccc(F)c(Cl)c45)ncc23)C1. The predicted molar refractivity (Wildman–Crippen MR) is 332 cm³/mol. The molecule has 7 fully saturated rings. The van der Waals surface area contributed by atoms with Gasteiger partial charge in [0, 0.05) is 99.0 Å². The average molecular weight is 1330 g/mol. The highest BCUT2D eigenvalue weighted by molar-refractivity contribution is 7.89. The second kappa shape index (κ2) is 22.6. The molecule has 4 aromatic heterocycles. The largest absolute Gasteiger partial charge is 0.508 e. The number of urea groups is 1. The maximum absolute atomic E-state index is 18.0. The molecule has 2 unspecified atom stereocenters. The Labute approximate surface area is 532 Å². The molecule has 8 aromatic rings. The van der Waals surface area contributed by atoms with E-state index in [4.69, 9.17) is 47.8 Å². The van der Waals surface area contributed by atoms with E-state index in [1.54, 1.807) is 4.90 Å². The molecule has 11 heterocycles. The lowest BCUT2D eigenvalue weighted by Gasteiger charge is -2.40. The molecule has 0 bridgehead atoms. The van der Waals surface area contributed by atoms with Crippen molar-refractivity contribution >= 4 is 94.2 Å². The van der Waals surface area contributed by atoms with Crippen LogP contribution in [0.3, 0.4) is 0 Å². The van der Waals surface area contributed by atoms with Gasteiger partial charge in [-0.15, -0.1) is 0 Å². The number of aromatic nitrogens is 6. The van der Waals surface area contributed by atoms with Crippen LogP contribution in [0.5, 0.6) is 23.5 Å². The molecule has 7 saturated heterocycles. The number of rotatable bonds is 13. The Balaban J connectivity index is 0.792. The number of benzene rings is 4. The first-order valence-electron chi connectivity index (χ1n) is 30.6. The monoisotopic (exact) mass is 1330 g/mol. The van der Waals surface area contributed by atoms with E-state index in [-0.39, 0.29) is 170 Å². The van der Waals surface area contributed by atoms with Crippen LogP contribution in [0.25, 0.3) is 65.9 Å². The fraction of sp³-hybridized carbons (Fsp3) is 0.444. The lowest BCUT2D eigenvalue weighted by Crippen LogP contribution is -2.56. The molecule has 1 spiro atoms. The van der Waals surface area contributed by atoms with Gasteiger partial charge in [-0.05, 0) is 117 Å². The van der Waals surface area contributed by atoms with Gasteiger partial charge in [0.25, 0.3) is 0 Å². The van der Waals surface area contributed by atoms with Gasteiger partial charge < -0.3 is 40.1 Å². The minimum atomic E-state index is -3.90. The molecule has 7 aliphatic rings. The zero-order valence-corrected chi connectivity index (χ0v) is 51.6. The van der Waals surface area contributed by atoms with Gasteiger partial charge in [0.2, 0.25) is 10.0 Å². The molecule has 7 atom stereocenters. The summed E-state index contributed by atoms with van der Waals surface area (Å²) in [6.45, 7) is 2.20. The number of nitrogens with two attached hydrogens (primary N) is 1. The Hall–Kier alpha value is -7.56. The number of phenolic OH excluding ortho intramolecular Hbond substituents is 2. The molecule has 20 nitrogen and oxygen atoms in total. The zero-order chi connectivity index (χ0) is 63.9. The number of carbonyl (C=O) groups excluding carboxylic acids is 1. The van der Waals surface area contributed by atoms with Crippen molar-refractivity contribution in [3.05, 3.63) is 93.7 Å². The quantitative estimate of drug-likeness (QED) is 0.0673. The van der Waals surface area contributed by atoms with Crippen molar-refractivity contribution in [3.8, 4) is 46.0 Å². The van der Waals surface area contributed by atoms with E-state index in [0.29, 0.717) is 76.6 Å². The van der Waals surface area contributed by atoms with Gasteiger partial charge >= 0.3 is 18.1 Å². The number of hydrogen-bond donors (Lipinski definition) is 5. The number of phenols is 2. The number of hydrogen-bond acceptors (Lipinski definition) is 17. The molecule has 482 valence electrons. The Bertz CT molecular complexity index is 4540. The standard InChI is InChI=1S/C63H61Cl2F6N13O7S/c64-48-43(68)6-5-32-14-35(85)16-39(46(32)48)52-50(70)54-41(21-73-52)56(81-11-1-4-31(23-81)26-92(72,88)89)78-59(76-54)91-30-63-10-7-45(84(63)25-34(67)20-63)37-18-44(69)49(65)47-38(37)15-36(86)17-40(47)53-51(71)55-42(22-74-53)57(82-12-2-8-61(28-82)27-75-58(87)80-61)79-60(77-55)90-29-62-9-3-13-83(62)24-33(66)19-62/h5-6,14-18,21-22,31,33-34,45,85-86H,1-4,7-13,19-20,23-30H2,(H2,72,88,89)(H2,75,80,87)/t31?,33-,34-,45?,61+,62+,63+/m1/s1. The summed E-state index contributed by atoms with van der Waals surface area (Å²) in [5.74, 6) is -4.67. The third-order valence-electron chi connectivity index (χ3n) is 20.0. The molecular weight excluding hydrogens is 1270 g/mol. The predicted octanol–water partition coefficient (Wildman–Crippen LogP) is 10.1. The van der Waals surface area contributed by atoms with Crippen molar-refractivity contribution in [3.63, 3.8) is 0 Å². The third-order valence-corrected chi connectivity index (χ3v) is 21.7. The summed E-state index contributed by atoms with van der Waals surface area (Å²) in [5, 5.41) is 34.0. The Kier molecular flexibility index (Phi) is 14.9. The van der Waals surface area contributed by atoms with Crippen LogP contribution >= 0.6 is 23.2 Å². The number of nitrogens with zero attached hydrogens (tertiary/aromatic N) is 10. The van der Waals surface area contributed by atoms with E-state index in [9.17, 15) is 27.8 Å². The van der Waals surface area contributed by atoms with E-state index < -0.39 is 79.2 Å². The zero-order valence-electron chi connectivity index (χ0n) is 49.3. The van der Waals surface area contributed by atoms with Gasteiger partial charge in [0.15, 0.2) is 11.6 Å². The molecule has 6 N–H and O–H groups in total. The molecule has 29 heteroatoms. The van der Waals surface area contributed by atoms with E-state index in [2.05, 4.69) is 35.5 Å². The highest BCUT2D eigenvalue weighted by Gasteiger charge is 2.55. The summed E-state index contributed by atoms with van der Waals surface area (Å²) >= 11 is 13.4. The highest BCUT2D eigenvalue weighted by atomic mass is 35.5. The lowest BCUT2D eigenvalue weighted by atomic mass is 9.90. The lowest BCUT2D eigenvalue weighted by molar-refractivity contribution is 0.0848. The number of carbonyl (C=O) groups is 1. The first kappa shape index (κ1) is 60.7. The Morgan fingerprint density at radius 2 is 1.33 bits per heavy atom. The smallest absolute Gasteiger partial charge is 0.319 e. The summed E-state index contributed by atoms with van der Waals surface area (Å²) in [6.07, 6.45) is 4.86. The van der Waals surface area contributed by atoms with Crippen molar-refractivity contribution in [1.29, 1.82) is 0 Å². The molecule has 0 saturated carbocycles. The Morgan fingerprint density at radius 1 is 0.696 bits per heavy atom. The van der Waals surface area contributed by atoms with Crippen LogP contribution in [0.1, 0.15) is 75.8 Å². The van der Waals surface area contributed by atoms with Crippen molar-refractivity contribution in [2.45, 2.75) is 99.2 Å². The van der Waals surface area contributed by atoms with Gasteiger partial charge in [-0.25, -0.2) is 44.7 Å². The summed E-state index contributed by atoms with van der Waals surface area (Å²) in [7, 11) is -3.90. The van der Waals surface area contributed by atoms with Crippen molar-refractivity contribution in [2.24, 2.45) is 11.1 Å². The van der Waals surface area contributed by atoms with Crippen LogP contribution in [0.2, 0.25) is 10.0 Å². The van der Waals surface area contributed by atoms with E-state index in [1.165, 1.54) is 48.8 Å². The number of aromatic hydroxyl groups is 2. The summed E-state index contributed by atoms with van der Waals surface area (Å²) in [4.78, 5) is 48.1. The molecule has 7 aliphatic heterocycles. The van der Waals surface area contributed by atoms with Crippen molar-refractivity contribution in [2.75, 3.05) is 81.1 Å². The maximum Gasteiger partial charge on any atom is 0.319 e. The number of anilines is 2. The molecule has 4 aromatic carbocycles. The van der Waals surface area contributed by atoms with Crippen LogP contribution in [0, 0.1) is 29.2 Å². The van der Waals surface area contributed by atoms with Crippen LogP contribution < -0.4 is 35.0 Å². The van der Waals surface area contributed by atoms with E-state index >= 15 is 22.0 Å². The number of alkyl halides is 2. The number of piperidine rings is 2. The number of ether oxygens (including phenoxy) is 2. The van der Waals surface area contributed by atoms with Crippen molar-refractivity contribution in [1.82, 2.24) is 50.3 Å². The topological polar surface area (TPSA) is 251 Å². The number of halogens is 8. The number of sulfonamides is 1. The molecule has 92 heavy (non-hydrogen) atoms. The number of primary sulfonamides is 1. The number of fused-ring (bicyclic) bond motifs is 6. The van der Waals surface area contributed by atoms with Gasteiger partial charge in [0.1, 0.15) is 82.7 Å². The van der Waals surface area contributed by atoms with Crippen LogP contribution in [0.15, 0.2) is 54.9 Å². The first-order chi connectivity index (χ1) is 44.0. The molecule has 0 aliphatic carbocycles. The van der Waals surface area contributed by atoms with E-state index in [1.807, 2.05) is 9.80 Å². The number of nitrogens with one attached hydrogen (secondary N) is 2. The van der Waals surface area contributed by atoms with Crippen LogP contribution in [-0.4, -0.2) is 165 Å². The van der Waals surface area contributed by atoms with Gasteiger partial charge in [-0.3, -0.25) is 19.8 Å². The summed E-state index contributed by atoms with van der Waals surface area (Å²) in [6, 6.07) is 7.26. The fourth-order valence-corrected chi connectivity index (χ4v) is 17.5. The second-order valence-corrected chi connectivity index (χ2v) is 28.4. The maximum atomic E-state index is 18.0. The normalized spacial score (nSPS) is 26.0. The number of pyridine rings is 2. The van der Waals surface area contributed by atoms with Crippen molar-refractivity contribution < 1.29 is 59.2 Å². The highest BCUT2D eigenvalue weighted by Crippen LogP contribution is 2.53. The fourth-order valence-electron chi connectivity index (χ4n) is 16.1. The average Bonchev–Trinajstić information content (AvgIpc) is 1.01. The molecule has 0 radical (unpaired) electrons. The minimum Gasteiger partial charge on any atom is -0.508 e. The second-order valence-electron chi connectivity index (χ2n) is 25.9. The van der Waals surface area contributed by atoms with Crippen LogP contribution in [-0.2, 0) is 10.0 Å². The summed E-state index contributed by atoms with van der Waals surface area (Å²) < 4.78 is 136. The summed E-state index contributed by atoms with van der Waals surface area (Å²) in [5.41, 5.74) is -3.45.